The second-order valence-electron chi connectivity index (χ2n) is 5.99. The van der Waals surface area contributed by atoms with Crippen molar-refractivity contribution < 1.29 is 32.0 Å². The van der Waals surface area contributed by atoms with E-state index < -0.39 is 31.5 Å². The molecule has 0 atom stereocenters. The molecule has 0 aliphatic heterocycles. The lowest BCUT2D eigenvalue weighted by atomic mass is 10.1. The summed E-state index contributed by atoms with van der Waals surface area (Å²) in [6.07, 6.45) is 0. The molecular weight excluding hydrogens is 484 g/mol. The van der Waals surface area contributed by atoms with E-state index in [1.54, 1.807) is 25.1 Å². The number of sulfonamides is 1. The van der Waals surface area contributed by atoms with Gasteiger partial charge in [0.1, 0.15) is 12.2 Å². The first kappa shape index (κ1) is 21.7. The van der Waals surface area contributed by atoms with E-state index in [4.69, 9.17) is 19.0 Å². The Bertz CT molecular complexity index is 1250. The average molecular weight is 499 g/mol. The normalized spacial score (nSPS) is 11.4. The first-order valence-corrected chi connectivity index (χ1v) is 10.8. The van der Waals surface area contributed by atoms with Gasteiger partial charge in [0.25, 0.3) is 0 Å². The number of nitrogens with zero attached hydrogens (tertiary/aromatic N) is 1. The monoisotopic (exact) mass is 498 g/mol. The number of benzene rings is 2. The molecule has 3 aromatic rings. The molecule has 0 fully saturated rings. The molecule has 10 nitrogen and oxygen atoms in total. The fourth-order valence-corrected chi connectivity index (χ4v) is 3.61. The summed E-state index contributed by atoms with van der Waals surface area (Å²) in [7, 11) is -4.13. The molecule has 158 valence electrons. The van der Waals surface area contributed by atoms with Gasteiger partial charge in [0.15, 0.2) is 5.75 Å². The number of esters is 1. The maximum Gasteiger partial charge on any atom is 0.374 e. The zero-order chi connectivity index (χ0) is 22.1. The zero-order valence-electron chi connectivity index (χ0n) is 15.5. The van der Waals surface area contributed by atoms with Crippen molar-refractivity contribution in [1.82, 2.24) is 0 Å². The minimum absolute atomic E-state index is 0.0891. The van der Waals surface area contributed by atoms with E-state index in [1.807, 2.05) is 0 Å². The van der Waals surface area contributed by atoms with Crippen molar-refractivity contribution in [2.75, 3.05) is 6.61 Å². The van der Waals surface area contributed by atoms with Gasteiger partial charge >= 0.3 is 11.7 Å². The van der Waals surface area contributed by atoms with Crippen LogP contribution in [0.25, 0.3) is 11.0 Å². The summed E-state index contributed by atoms with van der Waals surface area (Å²) in [6.45, 7) is 1.50. The topological polar surface area (TPSA) is 152 Å². The molecule has 2 aromatic carbocycles. The summed E-state index contributed by atoms with van der Waals surface area (Å²) in [5, 5.41) is 16.9. The maximum absolute atomic E-state index is 12.3. The number of carbonyl (C=O) groups excluding carboxylic acids is 1. The Labute approximate surface area is 178 Å². The Morgan fingerprint density at radius 1 is 1.27 bits per heavy atom. The van der Waals surface area contributed by atoms with Gasteiger partial charge < -0.3 is 13.9 Å². The number of hydrogen-bond acceptors (Lipinski definition) is 8. The number of fused-ring (bicyclic) bond motifs is 1. The highest BCUT2D eigenvalue weighted by Crippen LogP contribution is 2.33. The summed E-state index contributed by atoms with van der Waals surface area (Å²) in [5.41, 5.74) is 0.140. The van der Waals surface area contributed by atoms with Crippen molar-refractivity contribution >= 4 is 48.6 Å². The standard InChI is InChI=1S/C18H15BrN2O8S/c1-2-27-18(22)17-13(12-7-10(19)3-5-15(12)29-17)9-28-16-6-4-11(30(20,25)26)8-14(16)21(23)24/h3-8H,2,9H2,1H3,(H2,20,25,26). The number of ether oxygens (including phenoxy) is 2. The Hall–Kier alpha value is -2.96. The van der Waals surface area contributed by atoms with Crippen LogP contribution in [0.5, 0.6) is 5.75 Å². The van der Waals surface area contributed by atoms with E-state index in [0.29, 0.717) is 16.5 Å². The van der Waals surface area contributed by atoms with Gasteiger partial charge in [0.2, 0.25) is 15.8 Å². The van der Waals surface area contributed by atoms with Gasteiger partial charge in [-0.05, 0) is 37.3 Å². The molecule has 0 unspecified atom stereocenters. The van der Waals surface area contributed by atoms with E-state index in [2.05, 4.69) is 15.9 Å². The van der Waals surface area contributed by atoms with Crippen LogP contribution < -0.4 is 9.88 Å². The predicted molar refractivity (Wildman–Crippen MR) is 109 cm³/mol. The fourth-order valence-electron chi connectivity index (χ4n) is 2.71. The van der Waals surface area contributed by atoms with Crippen molar-refractivity contribution in [3.05, 3.63) is 62.3 Å². The van der Waals surface area contributed by atoms with Gasteiger partial charge in [-0.15, -0.1) is 0 Å². The molecule has 1 aromatic heterocycles. The highest BCUT2D eigenvalue weighted by molar-refractivity contribution is 9.10. The van der Waals surface area contributed by atoms with Gasteiger partial charge in [0.05, 0.1) is 22.0 Å². The molecule has 0 aliphatic carbocycles. The smallest absolute Gasteiger partial charge is 0.374 e. The Morgan fingerprint density at radius 3 is 2.63 bits per heavy atom. The average Bonchev–Trinajstić information content (AvgIpc) is 3.03. The van der Waals surface area contributed by atoms with Crippen LogP contribution in [-0.4, -0.2) is 25.9 Å². The second-order valence-corrected chi connectivity index (χ2v) is 8.47. The molecule has 1 heterocycles. The lowest BCUT2D eigenvalue weighted by Gasteiger charge is -2.08. The highest BCUT2D eigenvalue weighted by atomic mass is 79.9. The van der Waals surface area contributed by atoms with Gasteiger partial charge in [0, 0.05) is 15.9 Å². The third kappa shape index (κ3) is 4.45. The van der Waals surface area contributed by atoms with E-state index in [1.165, 1.54) is 0 Å². The van der Waals surface area contributed by atoms with Gasteiger partial charge in [-0.1, -0.05) is 15.9 Å². The number of hydrogen-bond donors (Lipinski definition) is 1. The van der Waals surface area contributed by atoms with Crippen LogP contribution in [0.3, 0.4) is 0 Å². The van der Waals surface area contributed by atoms with E-state index in [9.17, 15) is 23.3 Å². The van der Waals surface area contributed by atoms with Gasteiger partial charge in [-0.25, -0.2) is 18.4 Å². The number of primary sulfonamides is 1. The number of rotatable bonds is 7. The van der Waals surface area contributed by atoms with Crippen molar-refractivity contribution in [2.45, 2.75) is 18.4 Å². The van der Waals surface area contributed by atoms with Crippen molar-refractivity contribution in [3.63, 3.8) is 0 Å². The molecule has 0 saturated carbocycles. The van der Waals surface area contributed by atoms with Gasteiger partial charge in [-0.3, -0.25) is 10.1 Å². The van der Waals surface area contributed by atoms with Crippen LogP contribution in [0, 0.1) is 10.1 Å². The fraction of sp³-hybridized carbons (Fsp3) is 0.167. The number of nitrogens with two attached hydrogens (primary N) is 1. The lowest BCUT2D eigenvalue weighted by Crippen LogP contribution is -2.12. The summed E-state index contributed by atoms with van der Waals surface area (Å²) in [5.74, 6) is -0.997. The minimum Gasteiger partial charge on any atom is -0.482 e. The molecule has 30 heavy (non-hydrogen) atoms. The van der Waals surface area contributed by atoms with Crippen molar-refractivity contribution in [2.24, 2.45) is 5.14 Å². The van der Waals surface area contributed by atoms with E-state index in [0.717, 1.165) is 22.7 Å². The Morgan fingerprint density at radius 2 is 2.00 bits per heavy atom. The van der Waals surface area contributed by atoms with Crippen molar-refractivity contribution in [1.29, 1.82) is 0 Å². The van der Waals surface area contributed by atoms with Crippen molar-refractivity contribution in [3.8, 4) is 5.75 Å². The molecule has 0 radical (unpaired) electrons. The number of nitro benzene ring substituents is 1. The number of halogens is 1. The molecule has 0 amide bonds. The third-order valence-electron chi connectivity index (χ3n) is 4.04. The molecule has 0 bridgehead atoms. The third-order valence-corrected chi connectivity index (χ3v) is 5.45. The number of nitro groups is 1. The lowest BCUT2D eigenvalue weighted by molar-refractivity contribution is -0.386. The SMILES string of the molecule is CCOC(=O)c1oc2ccc(Br)cc2c1COc1ccc(S(N)(=O)=O)cc1[N+](=O)[O-]. The summed E-state index contributed by atoms with van der Waals surface area (Å²) in [4.78, 5) is 22.4. The summed E-state index contributed by atoms with van der Waals surface area (Å²) < 4.78 is 39.8. The second kappa shape index (κ2) is 8.42. The Balaban J connectivity index is 2.03. The predicted octanol–water partition coefficient (Wildman–Crippen LogP) is 3.51. The molecule has 2 N–H and O–H groups in total. The van der Waals surface area contributed by atoms with Crippen LogP contribution in [0.2, 0.25) is 0 Å². The van der Waals surface area contributed by atoms with Gasteiger partial charge in [-0.2, -0.15) is 0 Å². The summed E-state index contributed by atoms with van der Waals surface area (Å²) >= 11 is 3.34. The quantitative estimate of drug-likeness (QED) is 0.295. The van der Waals surface area contributed by atoms with Crippen LogP contribution >= 0.6 is 15.9 Å². The maximum atomic E-state index is 12.3. The zero-order valence-corrected chi connectivity index (χ0v) is 17.9. The molecule has 0 saturated heterocycles. The Kier molecular flexibility index (Phi) is 6.10. The first-order chi connectivity index (χ1) is 14.1. The highest BCUT2D eigenvalue weighted by Gasteiger charge is 2.25. The van der Waals surface area contributed by atoms with E-state index >= 15 is 0 Å². The molecule has 3 rings (SSSR count). The minimum atomic E-state index is -4.13. The van der Waals surface area contributed by atoms with Crippen LogP contribution in [0.15, 0.2) is 50.2 Å². The molecule has 0 aliphatic rings. The first-order valence-electron chi connectivity index (χ1n) is 8.44. The largest absolute Gasteiger partial charge is 0.482 e. The number of furan rings is 1. The summed E-state index contributed by atoms with van der Waals surface area (Å²) in [6, 6.07) is 8.10. The number of carbonyl (C=O) groups is 1. The van der Waals surface area contributed by atoms with E-state index in [-0.39, 0.29) is 24.7 Å². The van der Waals surface area contributed by atoms with Crippen LogP contribution in [-0.2, 0) is 21.4 Å². The van der Waals surface area contributed by atoms with Crippen LogP contribution in [0.1, 0.15) is 23.0 Å². The molecule has 12 heteroatoms. The molecule has 0 spiro atoms. The molecular formula is C18H15BrN2O8S. The van der Waals surface area contributed by atoms with Crippen LogP contribution in [0.4, 0.5) is 5.69 Å².